The minimum Gasteiger partial charge on any atom is -0.478 e. The summed E-state index contributed by atoms with van der Waals surface area (Å²) in [7, 11) is 1.15. The van der Waals surface area contributed by atoms with Crippen molar-refractivity contribution in [1.29, 1.82) is 0 Å². The highest BCUT2D eigenvalue weighted by molar-refractivity contribution is 6.33. The molecule has 0 fully saturated rings. The third-order valence-corrected chi connectivity index (χ3v) is 3.23. The van der Waals surface area contributed by atoms with Crippen molar-refractivity contribution in [2.45, 2.75) is 0 Å². The average molecular weight is 309 g/mol. The normalized spacial score (nSPS) is 10.2. The fraction of sp³-hybridized carbons (Fsp3) is 0.0667. The van der Waals surface area contributed by atoms with Crippen molar-refractivity contribution in [2.24, 2.45) is 0 Å². The van der Waals surface area contributed by atoms with E-state index in [4.69, 9.17) is 16.7 Å². The molecule has 108 valence electrons. The molecule has 0 bridgehead atoms. The van der Waals surface area contributed by atoms with Gasteiger partial charge in [0.25, 0.3) is 0 Å². The molecule has 0 aliphatic rings. The van der Waals surface area contributed by atoms with E-state index in [0.717, 1.165) is 13.2 Å². The van der Waals surface area contributed by atoms with E-state index < -0.39 is 17.8 Å². The zero-order chi connectivity index (χ0) is 15.6. The number of methoxy groups -OCH3 is 1. The monoisotopic (exact) mass is 308 g/mol. The van der Waals surface area contributed by atoms with Gasteiger partial charge in [0.05, 0.1) is 23.3 Å². The number of hydrogen-bond acceptors (Lipinski definition) is 3. The summed E-state index contributed by atoms with van der Waals surface area (Å²) in [6.45, 7) is 0. The van der Waals surface area contributed by atoms with E-state index in [2.05, 4.69) is 4.74 Å². The lowest BCUT2D eigenvalue weighted by Crippen LogP contribution is -2.04. The Kier molecular flexibility index (Phi) is 4.23. The molecule has 0 spiro atoms. The minimum atomic E-state index is -1.17. The summed E-state index contributed by atoms with van der Waals surface area (Å²) in [6.07, 6.45) is 0. The number of carbonyl (C=O) groups excluding carboxylic acids is 1. The second-order valence-corrected chi connectivity index (χ2v) is 4.59. The standard InChI is InChI=1S/C15H10ClFO4/c1-21-15(20)11-7-9(3-5-13(11)17)8-2-4-12(16)10(6-8)14(18)19/h2-7H,1H3,(H,18,19). The van der Waals surface area contributed by atoms with Crippen LogP contribution in [0, 0.1) is 5.82 Å². The molecule has 0 saturated heterocycles. The number of benzene rings is 2. The van der Waals surface area contributed by atoms with E-state index in [-0.39, 0.29) is 16.1 Å². The topological polar surface area (TPSA) is 63.6 Å². The molecule has 1 N–H and O–H groups in total. The number of carbonyl (C=O) groups is 2. The lowest BCUT2D eigenvalue weighted by atomic mass is 10.0. The highest BCUT2D eigenvalue weighted by Crippen LogP contribution is 2.27. The van der Waals surface area contributed by atoms with Crippen LogP contribution in [0.15, 0.2) is 36.4 Å². The summed E-state index contributed by atoms with van der Waals surface area (Å²) >= 11 is 5.79. The molecule has 0 aliphatic carbocycles. The van der Waals surface area contributed by atoms with Crippen LogP contribution in [0.2, 0.25) is 5.02 Å². The van der Waals surface area contributed by atoms with Crippen LogP contribution >= 0.6 is 11.6 Å². The molecule has 0 amide bonds. The quantitative estimate of drug-likeness (QED) is 0.879. The molecule has 0 atom stereocenters. The van der Waals surface area contributed by atoms with Crippen LogP contribution in [0.25, 0.3) is 11.1 Å². The van der Waals surface area contributed by atoms with Crippen LogP contribution < -0.4 is 0 Å². The Morgan fingerprint density at radius 2 is 1.67 bits per heavy atom. The first kappa shape index (κ1) is 15.0. The number of halogens is 2. The van der Waals surface area contributed by atoms with Gasteiger partial charge in [0.2, 0.25) is 0 Å². The molecule has 0 aliphatic heterocycles. The number of carboxylic acids is 1. The first-order valence-electron chi connectivity index (χ1n) is 5.85. The minimum absolute atomic E-state index is 0.0712. The van der Waals surface area contributed by atoms with Crippen LogP contribution in [0.5, 0.6) is 0 Å². The molecule has 21 heavy (non-hydrogen) atoms. The largest absolute Gasteiger partial charge is 0.478 e. The van der Waals surface area contributed by atoms with Crippen molar-refractivity contribution < 1.29 is 23.8 Å². The van der Waals surface area contributed by atoms with Crippen LogP contribution in [0.4, 0.5) is 4.39 Å². The molecule has 2 rings (SSSR count). The Morgan fingerprint density at radius 1 is 1.10 bits per heavy atom. The van der Waals surface area contributed by atoms with E-state index in [0.29, 0.717) is 11.1 Å². The molecule has 2 aromatic rings. The lowest BCUT2D eigenvalue weighted by molar-refractivity contribution is 0.0594. The third-order valence-electron chi connectivity index (χ3n) is 2.90. The van der Waals surface area contributed by atoms with E-state index in [9.17, 15) is 14.0 Å². The molecule has 6 heteroatoms. The predicted molar refractivity (Wildman–Crippen MR) is 75.1 cm³/mol. The molecule has 0 saturated carbocycles. The molecule has 0 unspecified atom stereocenters. The predicted octanol–water partition coefficient (Wildman–Crippen LogP) is 3.63. The lowest BCUT2D eigenvalue weighted by Gasteiger charge is -2.07. The Labute approximate surface area is 124 Å². The van der Waals surface area contributed by atoms with E-state index >= 15 is 0 Å². The summed E-state index contributed by atoms with van der Waals surface area (Å²) < 4.78 is 18.1. The van der Waals surface area contributed by atoms with Crippen LogP contribution in [0.3, 0.4) is 0 Å². The van der Waals surface area contributed by atoms with Gasteiger partial charge in [0, 0.05) is 0 Å². The van der Waals surface area contributed by atoms with E-state index in [1.54, 1.807) is 6.07 Å². The van der Waals surface area contributed by atoms with Gasteiger partial charge in [0.1, 0.15) is 5.82 Å². The van der Waals surface area contributed by atoms with Crippen molar-refractivity contribution in [2.75, 3.05) is 7.11 Å². The van der Waals surface area contributed by atoms with Gasteiger partial charge in [-0.05, 0) is 35.4 Å². The van der Waals surface area contributed by atoms with Crippen LogP contribution in [0.1, 0.15) is 20.7 Å². The third kappa shape index (κ3) is 3.03. The van der Waals surface area contributed by atoms with Gasteiger partial charge in [0.15, 0.2) is 0 Å². The maximum atomic E-state index is 13.6. The zero-order valence-electron chi connectivity index (χ0n) is 10.9. The van der Waals surface area contributed by atoms with Gasteiger partial charge in [-0.1, -0.05) is 23.7 Å². The Balaban J connectivity index is 2.55. The summed E-state index contributed by atoms with van der Waals surface area (Å²) in [5.74, 6) is -2.68. The molecular formula is C15H10ClFO4. The molecule has 0 aromatic heterocycles. The molecule has 4 nitrogen and oxygen atoms in total. The maximum Gasteiger partial charge on any atom is 0.340 e. The Bertz CT molecular complexity index is 728. The number of ether oxygens (including phenoxy) is 1. The van der Waals surface area contributed by atoms with Crippen LogP contribution in [-0.4, -0.2) is 24.2 Å². The van der Waals surface area contributed by atoms with Crippen molar-refractivity contribution in [1.82, 2.24) is 0 Å². The molecule has 0 heterocycles. The maximum absolute atomic E-state index is 13.6. The zero-order valence-corrected chi connectivity index (χ0v) is 11.6. The van der Waals surface area contributed by atoms with Gasteiger partial charge in [-0.15, -0.1) is 0 Å². The average Bonchev–Trinajstić information content (AvgIpc) is 2.47. The number of carboxylic acid groups (broad SMARTS) is 1. The SMILES string of the molecule is COC(=O)c1cc(-c2ccc(Cl)c(C(=O)O)c2)ccc1F. The summed E-state index contributed by atoms with van der Waals surface area (Å²) in [6, 6.07) is 8.24. The Morgan fingerprint density at radius 3 is 2.24 bits per heavy atom. The van der Waals surface area contributed by atoms with Crippen molar-refractivity contribution in [3.8, 4) is 11.1 Å². The molecule has 2 aromatic carbocycles. The van der Waals surface area contributed by atoms with Gasteiger partial charge < -0.3 is 9.84 Å². The number of aromatic carboxylic acids is 1. The highest BCUT2D eigenvalue weighted by Gasteiger charge is 2.15. The number of rotatable bonds is 3. The molecule has 0 radical (unpaired) electrons. The fourth-order valence-corrected chi connectivity index (χ4v) is 2.04. The fourth-order valence-electron chi connectivity index (χ4n) is 1.84. The number of esters is 1. The number of hydrogen-bond donors (Lipinski definition) is 1. The smallest absolute Gasteiger partial charge is 0.340 e. The van der Waals surface area contributed by atoms with E-state index in [1.165, 1.54) is 24.3 Å². The summed E-state index contributed by atoms with van der Waals surface area (Å²) in [5, 5.41) is 9.14. The second kappa shape index (κ2) is 5.93. The van der Waals surface area contributed by atoms with Crippen LogP contribution in [-0.2, 0) is 4.74 Å². The van der Waals surface area contributed by atoms with Crippen molar-refractivity contribution in [3.05, 3.63) is 58.4 Å². The first-order chi connectivity index (χ1) is 9.93. The second-order valence-electron chi connectivity index (χ2n) is 4.19. The van der Waals surface area contributed by atoms with E-state index in [1.807, 2.05) is 0 Å². The highest BCUT2D eigenvalue weighted by atomic mass is 35.5. The summed E-state index contributed by atoms with van der Waals surface area (Å²) in [5.41, 5.74) is 0.692. The Hall–Kier alpha value is -2.40. The van der Waals surface area contributed by atoms with Crippen molar-refractivity contribution >= 4 is 23.5 Å². The van der Waals surface area contributed by atoms with Gasteiger partial charge >= 0.3 is 11.9 Å². The van der Waals surface area contributed by atoms with Gasteiger partial charge in [-0.2, -0.15) is 0 Å². The molecular weight excluding hydrogens is 299 g/mol. The van der Waals surface area contributed by atoms with Gasteiger partial charge in [-0.3, -0.25) is 0 Å². The summed E-state index contributed by atoms with van der Waals surface area (Å²) in [4.78, 5) is 22.5. The van der Waals surface area contributed by atoms with Crippen molar-refractivity contribution in [3.63, 3.8) is 0 Å². The van der Waals surface area contributed by atoms with Gasteiger partial charge in [-0.25, -0.2) is 14.0 Å². The first-order valence-corrected chi connectivity index (χ1v) is 6.23.